The molecular weight excluding hydrogens is 74.9 g/mol. The number of aliphatic hydroxyl groups excluding tert-OH is 1. The van der Waals surface area contributed by atoms with Gasteiger partial charge in [0.2, 0.25) is 0 Å². The smallest absolute Gasteiger partial charge is 0.104 e. The van der Waals surface area contributed by atoms with Crippen molar-refractivity contribution in [3.8, 4) is 0 Å². The van der Waals surface area contributed by atoms with Crippen LogP contribution in [0.25, 0.3) is 0 Å². The Morgan fingerprint density at radius 3 is 2.33 bits per heavy atom. The zero-order valence-corrected chi connectivity index (χ0v) is 4.44. The van der Waals surface area contributed by atoms with Crippen LogP contribution in [0.1, 0.15) is 13.3 Å². The van der Waals surface area contributed by atoms with E-state index in [1.165, 1.54) is 0 Å². The maximum atomic E-state index is 8.67. The van der Waals surface area contributed by atoms with Crippen LogP contribution in [-0.2, 0) is 0 Å². The molecule has 2 heteroatoms. The van der Waals surface area contributed by atoms with Crippen LogP contribution in [0.4, 0.5) is 0 Å². The Balaban J connectivity index is 2.75. The predicted molar refractivity (Wildman–Crippen MR) is 29.6 cm³/mol. The monoisotopic (exact) mass is 86.1 g/mol. The highest BCUT2D eigenvalue weighted by atomic mass is 16.3. The molecule has 0 saturated heterocycles. The van der Waals surface area contributed by atoms with Gasteiger partial charge in [0.15, 0.2) is 0 Å². The lowest BCUT2D eigenvalue weighted by atomic mass is 9.98. The molecule has 0 saturated carbocycles. The minimum Gasteiger partial charge on any atom is -0.394 e. The molecule has 0 aliphatic carbocycles. The Hall–Kier alpha value is 0.0249. The van der Waals surface area contributed by atoms with Crippen LogP contribution < -0.4 is 0 Å². The van der Waals surface area contributed by atoms with Crippen molar-refractivity contribution in [1.82, 2.24) is 0 Å². The molecule has 36 valence electrons. The summed E-state index contributed by atoms with van der Waals surface area (Å²) in [5, 5.41) is 8.67. The fraction of sp³-hybridized carbons (Fsp3) is 1.00. The Bertz CT molecular complexity index is 26.7. The minimum absolute atomic E-state index is 0.0648. The van der Waals surface area contributed by atoms with Crippen LogP contribution in [0.15, 0.2) is 0 Å². The Labute approximate surface area is 39.8 Å². The summed E-state index contributed by atoms with van der Waals surface area (Å²) in [7, 11) is 1.98. The van der Waals surface area contributed by atoms with E-state index in [0.29, 0.717) is 0 Å². The summed E-state index contributed by atoms with van der Waals surface area (Å²) in [5.41, 5.74) is 0. The molecule has 0 bridgehead atoms. The van der Waals surface area contributed by atoms with Crippen molar-refractivity contribution < 1.29 is 5.11 Å². The molecule has 0 spiro atoms. The number of rotatable bonds is 2. The molecule has 0 heterocycles. The average molecular weight is 85.9 g/mol. The van der Waals surface area contributed by atoms with E-state index in [-0.39, 0.29) is 6.10 Å². The molecule has 0 fully saturated rings. The Kier molecular flexibility index (Phi) is 3.24. The van der Waals surface area contributed by atoms with Gasteiger partial charge in [-0.3, -0.25) is 0 Å². The predicted octanol–water partition coefficient (Wildman–Crippen LogP) is -0.191. The molecule has 6 heavy (non-hydrogen) atoms. The fourth-order valence-electron chi connectivity index (χ4n) is 0.289. The Morgan fingerprint density at radius 1 is 1.83 bits per heavy atom. The lowest BCUT2D eigenvalue weighted by Crippen LogP contribution is -2.00. The third-order valence-corrected chi connectivity index (χ3v) is 0.942. The third-order valence-electron chi connectivity index (χ3n) is 0.942. The zero-order chi connectivity index (χ0) is 4.99. The van der Waals surface area contributed by atoms with Gasteiger partial charge in [-0.1, -0.05) is 13.2 Å². The second-order valence-electron chi connectivity index (χ2n) is 1.47. The third kappa shape index (κ3) is 2.27. The molecule has 0 unspecified atom stereocenters. The summed E-state index contributed by atoms with van der Waals surface area (Å²) in [6, 6.07) is 0. The van der Waals surface area contributed by atoms with E-state index in [1.807, 2.05) is 14.8 Å². The topological polar surface area (TPSA) is 20.2 Å². The quantitative estimate of drug-likeness (QED) is 0.461. The molecule has 1 nitrogen and oxygen atoms in total. The van der Waals surface area contributed by atoms with Crippen molar-refractivity contribution in [2.75, 3.05) is 0 Å². The lowest BCUT2D eigenvalue weighted by Gasteiger charge is -1.98. The lowest BCUT2D eigenvalue weighted by molar-refractivity contribution is 0.191. The maximum absolute atomic E-state index is 8.67. The van der Waals surface area contributed by atoms with Crippen LogP contribution in [-0.4, -0.2) is 19.1 Å². The zero-order valence-electron chi connectivity index (χ0n) is 4.44. The van der Waals surface area contributed by atoms with Crippen LogP contribution in [0.2, 0.25) is 6.32 Å². The normalized spacial score (nSPS) is 14.3. The highest BCUT2D eigenvalue weighted by molar-refractivity contribution is 6.08. The summed E-state index contributed by atoms with van der Waals surface area (Å²) in [5.74, 6) is 0. The van der Waals surface area contributed by atoms with Crippen molar-refractivity contribution in [3.63, 3.8) is 0 Å². The molecule has 0 radical (unpaired) electrons. The van der Waals surface area contributed by atoms with E-state index >= 15 is 0 Å². The minimum atomic E-state index is -0.0648. The van der Waals surface area contributed by atoms with E-state index in [0.717, 1.165) is 12.7 Å². The van der Waals surface area contributed by atoms with Gasteiger partial charge in [0.05, 0.1) is 0 Å². The Morgan fingerprint density at radius 2 is 2.33 bits per heavy atom. The highest BCUT2D eigenvalue weighted by Crippen LogP contribution is 1.90. The van der Waals surface area contributed by atoms with E-state index in [1.54, 1.807) is 0 Å². The van der Waals surface area contributed by atoms with Crippen molar-refractivity contribution in [1.29, 1.82) is 0 Å². The average Bonchev–Trinajstić information content (AvgIpc) is 1.65. The molecule has 0 amide bonds. The molecule has 0 aliphatic heterocycles. The van der Waals surface area contributed by atoms with Gasteiger partial charge in [-0.2, -0.15) is 0 Å². The summed E-state index contributed by atoms with van der Waals surface area (Å²) in [6.45, 7) is 1.98. The first-order chi connectivity index (χ1) is 2.81. The standard InChI is InChI=1S/C4H11BO/c1-2-4(6)3-5/h4,6H,2-3,5H2,1H3/t4-/m0/s1. The van der Waals surface area contributed by atoms with Crippen molar-refractivity contribution in [2.24, 2.45) is 0 Å². The molecular formula is C4H11BO. The van der Waals surface area contributed by atoms with E-state index < -0.39 is 0 Å². The highest BCUT2D eigenvalue weighted by Gasteiger charge is 1.90. The van der Waals surface area contributed by atoms with Crippen LogP contribution in [0.5, 0.6) is 0 Å². The second-order valence-corrected chi connectivity index (χ2v) is 1.47. The second kappa shape index (κ2) is 3.22. The molecule has 0 aliphatic rings. The van der Waals surface area contributed by atoms with Crippen molar-refractivity contribution in [3.05, 3.63) is 0 Å². The molecule has 0 aromatic carbocycles. The van der Waals surface area contributed by atoms with E-state index in [9.17, 15) is 0 Å². The first kappa shape index (κ1) is 6.02. The SMILES string of the molecule is BC[C@@H](O)CC. The summed E-state index contributed by atoms with van der Waals surface area (Å²) in [6.07, 6.45) is 1.71. The molecule has 1 atom stereocenters. The number of aliphatic hydroxyl groups is 1. The summed E-state index contributed by atoms with van der Waals surface area (Å²) >= 11 is 0. The van der Waals surface area contributed by atoms with Crippen LogP contribution in [0, 0.1) is 0 Å². The summed E-state index contributed by atoms with van der Waals surface area (Å²) in [4.78, 5) is 0. The van der Waals surface area contributed by atoms with Gasteiger partial charge in [-0.05, 0) is 6.42 Å². The van der Waals surface area contributed by atoms with Crippen LogP contribution >= 0.6 is 0 Å². The molecule has 0 aromatic heterocycles. The van der Waals surface area contributed by atoms with Crippen LogP contribution in [0.3, 0.4) is 0 Å². The summed E-state index contributed by atoms with van der Waals surface area (Å²) < 4.78 is 0. The van der Waals surface area contributed by atoms with E-state index in [4.69, 9.17) is 5.11 Å². The van der Waals surface area contributed by atoms with Gasteiger partial charge in [0.25, 0.3) is 0 Å². The molecule has 0 rings (SSSR count). The van der Waals surface area contributed by atoms with Gasteiger partial charge in [0, 0.05) is 6.10 Å². The first-order valence-corrected chi connectivity index (χ1v) is 2.49. The first-order valence-electron chi connectivity index (χ1n) is 2.49. The van der Waals surface area contributed by atoms with Gasteiger partial charge < -0.3 is 5.11 Å². The van der Waals surface area contributed by atoms with E-state index in [2.05, 4.69) is 0 Å². The molecule has 1 N–H and O–H groups in total. The van der Waals surface area contributed by atoms with Crippen molar-refractivity contribution in [2.45, 2.75) is 25.8 Å². The largest absolute Gasteiger partial charge is 0.394 e. The number of hydrogen-bond donors (Lipinski definition) is 1. The van der Waals surface area contributed by atoms with Gasteiger partial charge in [-0.25, -0.2) is 0 Å². The van der Waals surface area contributed by atoms with Gasteiger partial charge in [0.1, 0.15) is 7.85 Å². The maximum Gasteiger partial charge on any atom is 0.104 e. The fourth-order valence-corrected chi connectivity index (χ4v) is 0.289. The van der Waals surface area contributed by atoms with Crippen molar-refractivity contribution >= 4 is 7.85 Å². The van der Waals surface area contributed by atoms with Gasteiger partial charge >= 0.3 is 0 Å². The van der Waals surface area contributed by atoms with Gasteiger partial charge in [-0.15, -0.1) is 0 Å². The molecule has 0 aromatic rings. The number of hydrogen-bond acceptors (Lipinski definition) is 1.